The number of nitrogens with one attached hydrogen (secondary N) is 2. The molecule has 0 unspecified atom stereocenters. The van der Waals surface area contributed by atoms with Crippen LogP contribution in [0.4, 0.5) is 5.69 Å². The molecule has 0 spiro atoms. The lowest BCUT2D eigenvalue weighted by Crippen LogP contribution is -2.12. The Bertz CT molecular complexity index is 333. The highest BCUT2D eigenvalue weighted by Gasteiger charge is 2.01. The summed E-state index contributed by atoms with van der Waals surface area (Å²) >= 11 is 0. The summed E-state index contributed by atoms with van der Waals surface area (Å²) in [6, 6.07) is 7.99. The molecular weight excluding hydrogens is 212 g/mol. The van der Waals surface area contributed by atoms with Gasteiger partial charge >= 0.3 is 0 Å². The van der Waals surface area contributed by atoms with E-state index in [1.165, 1.54) is 5.56 Å². The highest BCUT2D eigenvalue weighted by atomic mass is 16.1. The van der Waals surface area contributed by atoms with Gasteiger partial charge in [-0.15, -0.1) is 0 Å². The molecule has 2 N–H and O–H groups in total. The van der Waals surface area contributed by atoms with Crippen LogP contribution in [0.3, 0.4) is 0 Å². The molecule has 1 amide bonds. The average Bonchev–Trinajstić information content (AvgIpc) is 2.35. The van der Waals surface area contributed by atoms with Gasteiger partial charge in [0.2, 0.25) is 5.91 Å². The molecule has 0 aromatic heterocycles. The minimum Gasteiger partial charge on any atom is -0.326 e. The first-order valence-corrected chi connectivity index (χ1v) is 6.35. The summed E-state index contributed by atoms with van der Waals surface area (Å²) in [5.41, 5.74) is 2.12. The SMILES string of the molecule is CCCCC(=O)Nc1ccc(CNCC)cc1. The highest BCUT2D eigenvalue weighted by Crippen LogP contribution is 2.10. The zero-order valence-electron chi connectivity index (χ0n) is 10.8. The lowest BCUT2D eigenvalue weighted by Gasteiger charge is -2.06. The molecule has 0 heterocycles. The summed E-state index contributed by atoms with van der Waals surface area (Å²) < 4.78 is 0. The van der Waals surface area contributed by atoms with Crippen molar-refractivity contribution in [3.8, 4) is 0 Å². The van der Waals surface area contributed by atoms with Crippen LogP contribution in [-0.4, -0.2) is 12.5 Å². The highest BCUT2D eigenvalue weighted by molar-refractivity contribution is 5.90. The third kappa shape index (κ3) is 5.50. The van der Waals surface area contributed by atoms with E-state index < -0.39 is 0 Å². The van der Waals surface area contributed by atoms with E-state index in [0.717, 1.165) is 31.6 Å². The molecule has 0 aliphatic heterocycles. The predicted molar refractivity (Wildman–Crippen MR) is 72.0 cm³/mol. The number of carbonyl (C=O) groups is 1. The molecule has 3 heteroatoms. The normalized spacial score (nSPS) is 10.2. The lowest BCUT2D eigenvalue weighted by atomic mass is 10.2. The Hall–Kier alpha value is -1.35. The van der Waals surface area contributed by atoms with Crippen molar-refractivity contribution >= 4 is 11.6 Å². The monoisotopic (exact) mass is 234 g/mol. The Balaban J connectivity index is 2.42. The summed E-state index contributed by atoms with van der Waals surface area (Å²) in [5.74, 6) is 0.103. The number of benzene rings is 1. The summed E-state index contributed by atoms with van der Waals surface area (Å²) in [7, 11) is 0. The van der Waals surface area contributed by atoms with Gasteiger partial charge in [0.1, 0.15) is 0 Å². The molecule has 0 fully saturated rings. The van der Waals surface area contributed by atoms with E-state index in [2.05, 4.69) is 24.5 Å². The predicted octanol–water partition coefficient (Wildman–Crippen LogP) is 2.92. The van der Waals surface area contributed by atoms with E-state index in [1.807, 2.05) is 24.3 Å². The van der Waals surface area contributed by atoms with E-state index in [4.69, 9.17) is 0 Å². The molecule has 1 rings (SSSR count). The third-order valence-corrected chi connectivity index (χ3v) is 2.57. The van der Waals surface area contributed by atoms with Crippen LogP contribution in [0.25, 0.3) is 0 Å². The number of anilines is 1. The van der Waals surface area contributed by atoms with Crippen LogP contribution in [-0.2, 0) is 11.3 Å². The largest absolute Gasteiger partial charge is 0.326 e. The van der Waals surface area contributed by atoms with Crippen molar-refractivity contribution < 1.29 is 4.79 Å². The van der Waals surface area contributed by atoms with Gasteiger partial charge in [0.05, 0.1) is 0 Å². The second-order valence-corrected chi connectivity index (χ2v) is 4.13. The van der Waals surface area contributed by atoms with Gasteiger partial charge in [-0.25, -0.2) is 0 Å². The molecule has 0 saturated heterocycles. The van der Waals surface area contributed by atoms with Gasteiger partial charge in [-0.2, -0.15) is 0 Å². The van der Waals surface area contributed by atoms with Gasteiger partial charge in [-0.3, -0.25) is 4.79 Å². The number of carbonyl (C=O) groups excluding carboxylic acids is 1. The van der Waals surface area contributed by atoms with Gasteiger partial charge < -0.3 is 10.6 Å². The standard InChI is InChI=1S/C14H22N2O/c1-3-5-6-14(17)16-13-9-7-12(8-10-13)11-15-4-2/h7-10,15H,3-6,11H2,1-2H3,(H,16,17). The van der Waals surface area contributed by atoms with Crippen LogP contribution in [0.2, 0.25) is 0 Å². The molecule has 17 heavy (non-hydrogen) atoms. The van der Waals surface area contributed by atoms with Crippen molar-refractivity contribution in [3.63, 3.8) is 0 Å². The molecule has 0 aliphatic rings. The molecular formula is C14H22N2O. The van der Waals surface area contributed by atoms with Crippen molar-refractivity contribution in [2.75, 3.05) is 11.9 Å². The number of unbranched alkanes of at least 4 members (excludes halogenated alkanes) is 1. The Morgan fingerprint density at radius 1 is 1.18 bits per heavy atom. The van der Waals surface area contributed by atoms with E-state index in [-0.39, 0.29) is 5.91 Å². The molecule has 0 atom stereocenters. The maximum absolute atomic E-state index is 11.5. The minimum atomic E-state index is 0.103. The zero-order chi connectivity index (χ0) is 12.5. The van der Waals surface area contributed by atoms with E-state index in [9.17, 15) is 4.79 Å². The maximum atomic E-state index is 11.5. The molecule has 1 aromatic carbocycles. The Labute approximate surface area is 104 Å². The third-order valence-electron chi connectivity index (χ3n) is 2.57. The van der Waals surface area contributed by atoms with Crippen LogP contribution in [0.1, 0.15) is 38.7 Å². The number of rotatable bonds is 7. The fourth-order valence-electron chi connectivity index (χ4n) is 1.54. The number of hydrogen-bond acceptors (Lipinski definition) is 2. The summed E-state index contributed by atoms with van der Waals surface area (Å²) in [6.45, 7) is 6.02. The van der Waals surface area contributed by atoms with E-state index in [1.54, 1.807) is 0 Å². The van der Waals surface area contributed by atoms with Crippen LogP contribution in [0.15, 0.2) is 24.3 Å². The second kappa shape index (κ2) is 7.85. The first kappa shape index (κ1) is 13.7. The van der Waals surface area contributed by atoms with Gasteiger partial charge in [0.25, 0.3) is 0 Å². The molecule has 0 saturated carbocycles. The van der Waals surface area contributed by atoms with Crippen LogP contribution in [0, 0.1) is 0 Å². The van der Waals surface area contributed by atoms with Crippen LogP contribution >= 0.6 is 0 Å². The van der Waals surface area contributed by atoms with E-state index >= 15 is 0 Å². The summed E-state index contributed by atoms with van der Waals surface area (Å²) in [6.07, 6.45) is 2.61. The van der Waals surface area contributed by atoms with Gasteiger partial charge in [-0.1, -0.05) is 32.4 Å². The molecule has 3 nitrogen and oxygen atoms in total. The molecule has 0 bridgehead atoms. The second-order valence-electron chi connectivity index (χ2n) is 4.13. The van der Waals surface area contributed by atoms with Crippen molar-refractivity contribution in [3.05, 3.63) is 29.8 Å². The zero-order valence-corrected chi connectivity index (χ0v) is 10.8. The van der Waals surface area contributed by atoms with Crippen LogP contribution < -0.4 is 10.6 Å². The average molecular weight is 234 g/mol. The maximum Gasteiger partial charge on any atom is 0.224 e. The Kier molecular flexibility index (Phi) is 6.33. The van der Waals surface area contributed by atoms with E-state index in [0.29, 0.717) is 6.42 Å². The fourth-order valence-corrected chi connectivity index (χ4v) is 1.54. The lowest BCUT2D eigenvalue weighted by molar-refractivity contribution is -0.116. The topological polar surface area (TPSA) is 41.1 Å². The Morgan fingerprint density at radius 2 is 1.88 bits per heavy atom. The van der Waals surface area contributed by atoms with Gasteiger partial charge in [0.15, 0.2) is 0 Å². The van der Waals surface area contributed by atoms with Gasteiger partial charge in [0, 0.05) is 18.7 Å². The van der Waals surface area contributed by atoms with Crippen molar-refractivity contribution in [1.29, 1.82) is 0 Å². The summed E-state index contributed by atoms with van der Waals surface area (Å²) in [5, 5.41) is 6.17. The van der Waals surface area contributed by atoms with Crippen molar-refractivity contribution in [2.45, 2.75) is 39.7 Å². The Morgan fingerprint density at radius 3 is 2.47 bits per heavy atom. The van der Waals surface area contributed by atoms with Gasteiger partial charge in [-0.05, 0) is 30.7 Å². The van der Waals surface area contributed by atoms with Crippen molar-refractivity contribution in [2.24, 2.45) is 0 Å². The fraction of sp³-hybridized carbons (Fsp3) is 0.500. The minimum absolute atomic E-state index is 0.103. The smallest absolute Gasteiger partial charge is 0.224 e. The summed E-state index contributed by atoms with van der Waals surface area (Å²) in [4.78, 5) is 11.5. The van der Waals surface area contributed by atoms with Crippen LogP contribution in [0.5, 0.6) is 0 Å². The molecule has 0 aliphatic carbocycles. The molecule has 0 radical (unpaired) electrons. The number of hydrogen-bond donors (Lipinski definition) is 2. The molecule has 94 valence electrons. The van der Waals surface area contributed by atoms with Crippen molar-refractivity contribution in [1.82, 2.24) is 5.32 Å². The quantitative estimate of drug-likeness (QED) is 0.761. The first-order chi connectivity index (χ1) is 8.26. The molecule has 1 aromatic rings. The number of amides is 1. The first-order valence-electron chi connectivity index (χ1n) is 6.35.